The number of hydrogen-bond acceptors (Lipinski definition) is 3. The van der Waals surface area contributed by atoms with Gasteiger partial charge in [0.1, 0.15) is 36.6 Å². The minimum Gasteiger partial charge on any atom is -0.489 e. The highest BCUT2D eigenvalue weighted by molar-refractivity contribution is 5.48. The predicted molar refractivity (Wildman–Crippen MR) is 152 cm³/mol. The fourth-order valence-corrected chi connectivity index (χ4v) is 5.86. The maximum atomic E-state index is 6.72. The lowest BCUT2D eigenvalue weighted by molar-refractivity contribution is 0.104. The SMILES string of the molecule is CCC=C1C[C@H]2[C@@H](C1)c1cc(OCc3ccccc3)ccc1O[C@H]2c1ccc(OCc2ccccc2)cc1. The predicted octanol–water partition coefficient (Wildman–Crippen LogP) is 8.81. The Bertz CT molecular complexity index is 1380. The molecule has 38 heavy (non-hydrogen) atoms. The van der Waals surface area contributed by atoms with Gasteiger partial charge in [-0.25, -0.2) is 0 Å². The number of ether oxygens (including phenoxy) is 3. The van der Waals surface area contributed by atoms with Crippen LogP contribution >= 0.6 is 0 Å². The highest BCUT2D eigenvalue weighted by Crippen LogP contribution is 2.56. The second-order valence-corrected chi connectivity index (χ2v) is 10.3. The molecule has 0 radical (unpaired) electrons. The van der Waals surface area contributed by atoms with Gasteiger partial charge in [0.25, 0.3) is 0 Å². The van der Waals surface area contributed by atoms with Crippen LogP contribution in [0.25, 0.3) is 0 Å². The first-order valence-electron chi connectivity index (χ1n) is 13.7. The average Bonchev–Trinajstić information content (AvgIpc) is 3.40. The van der Waals surface area contributed by atoms with Crippen molar-refractivity contribution in [1.82, 2.24) is 0 Å². The third-order valence-electron chi connectivity index (χ3n) is 7.72. The zero-order chi connectivity index (χ0) is 25.7. The minimum atomic E-state index is 0.0227. The average molecular weight is 503 g/mol. The van der Waals surface area contributed by atoms with E-state index >= 15 is 0 Å². The molecule has 3 nitrogen and oxygen atoms in total. The lowest BCUT2D eigenvalue weighted by atomic mass is 9.80. The normalized spacial score (nSPS) is 20.9. The topological polar surface area (TPSA) is 27.7 Å². The Morgan fingerprint density at radius 1 is 0.737 bits per heavy atom. The molecule has 0 unspecified atom stereocenters. The van der Waals surface area contributed by atoms with Crippen molar-refractivity contribution < 1.29 is 14.2 Å². The number of rotatable bonds is 8. The molecule has 2 aliphatic rings. The Balaban J connectivity index is 1.22. The van der Waals surface area contributed by atoms with Crippen molar-refractivity contribution in [2.75, 3.05) is 0 Å². The highest BCUT2D eigenvalue weighted by atomic mass is 16.5. The second kappa shape index (κ2) is 11.2. The zero-order valence-electron chi connectivity index (χ0n) is 21.9. The summed E-state index contributed by atoms with van der Waals surface area (Å²) < 4.78 is 18.9. The van der Waals surface area contributed by atoms with E-state index < -0.39 is 0 Å². The third-order valence-corrected chi connectivity index (χ3v) is 7.72. The Hall–Kier alpha value is -3.98. The van der Waals surface area contributed by atoms with Gasteiger partial charge in [0.15, 0.2) is 0 Å². The minimum absolute atomic E-state index is 0.0227. The van der Waals surface area contributed by atoms with Crippen LogP contribution in [-0.2, 0) is 13.2 Å². The fourth-order valence-electron chi connectivity index (χ4n) is 5.86. The van der Waals surface area contributed by atoms with Crippen molar-refractivity contribution in [3.8, 4) is 17.2 Å². The molecule has 4 aromatic carbocycles. The van der Waals surface area contributed by atoms with E-state index in [1.807, 2.05) is 42.5 Å². The lowest BCUT2D eigenvalue weighted by Gasteiger charge is -2.36. The molecule has 0 bridgehead atoms. The molecule has 0 spiro atoms. The van der Waals surface area contributed by atoms with E-state index in [4.69, 9.17) is 14.2 Å². The van der Waals surface area contributed by atoms with Crippen LogP contribution in [0.5, 0.6) is 17.2 Å². The number of allylic oxidation sites excluding steroid dienone is 2. The Morgan fingerprint density at radius 3 is 2.03 bits per heavy atom. The van der Waals surface area contributed by atoms with Gasteiger partial charge in [-0.3, -0.25) is 0 Å². The standard InChI is InChI=1S/C35H34O3/c1-2-9-27-20-31-32-22-30(37-24-26-12-7-4-8-13-26)18-19-34(32)38-35(33(31)21-27)28-14-16-29(17-15-28)36-23-25-10-5-3-6-11-25/h3-19,22,31,33,35H,2,20-21,23-24H2,1H3/t31-,33-,35-/m0/s1. The molecule has 3 atom stereocenters. The third kappa shape index (κ3) is 5.33. The maximum absolute atomic E-state index is 6.72. The van der Waals surface area contributed by atoms with Crippen molar-refractivity contribution in [3.63, 3.8) is 0 Å². The molecule has 6 rings (SSSR count). The van der Waals surface area contributed by atoms with Gasteiger partial charge in [0.05, 0.1) is 0 Å². The second-order valence-electron chi connectivity index (χ2n) is 10.3. The monoisotopic (exact) mass is 502 g/mol. The molecule has 4 aromatic rings. The van der Waals surface area contributed by atoms with Crippen molar-refractivity contribution in [2.24, 2.45) is 5.92 Å². The summed E-state index contributed by atoms with van der Waals surface area (Å²) in [6.45, 7) is 3.36. The molecule has 1 aliphatic heterocycles. The molecule has 1 fully saturated rings. The van der Waals surface area contributed by atoms with Gasteiger partial charge in [-0.2, -0.15) is 0 Å². The quantitative estimate of drug-likeness (QED) is 0.225. The largest absolute Gasteiger partial charge is 0.489 e. The molecule has 3 heteroatoms. The highest BCUT2D eigenvalue weighted by Gasteiger charge is 2.43. The van der Waals surface area contributed by atoms with Gasteiger partial charge in [-0.05, 0) is 72.2 Å². The number of benzene rings is 4. The van der Waals surface area contributed by atoms with Crippen LogP contribution in [-0.4, -0.2) is 0 Å². The van der Waals surface area contributed by atoms with Crippen molar-refractivity contribution in [1.29, 1.82) is 0 Å². The van der Waals surface area contributed by atoms with Crippen LogP contribution in [0, 0.1) is 5.92 Å². The summed E-state index contributed by atoms with van der Waals surface area (Å²) in [6.07, 6.45) is 5.66. The lowest BCUT2D eigenvalue weighted by Crippen LogP contribution is -2.26. The van der Waals surface area contributed by atoms with Crippen LogP contribution in [0.15, 0.2) is 115 Å². The van der Waals surface area contributed by atoms with E-state index in [2.05, 4.69) is 73.7 Å². The first-order chi connectivity index (χ1) is 18.8. The van der Waals surface area contributed by atoms with Gasteiger partial charge < -0.3 is 14.2 Å². The molecule has 0 saturated heterocycles. The summed E-state index contributed by atoms with van der Waals surface area (Å²) in [4.78, 5) is 0. The van der Waals surface area contributed by atoms with Gasteiger partial charge in [-0.1, -0.05) is 91.4 Å². The van der Waals surface area contributed by atoms with Crippen LogP contribution in [0.4, 0.5) is 0 Å². The summed E-state index contributed by atoms with van der Waals surface area (Å²) in [7, 11) is 0. The van der Waals surface area contributed by atoms with Gasteiger partial charge in [0, 0.05) is 11.5 Å². The maximum Gasteiger partial charge on any atom is 0.127 e. The summed E-state index contributed by atoms with van der Waals surface area (Å²) in [5, 5.41) is 0. The van der Waals surface area contributed by atoms with Crippen molar-refractivity contribution >= 4 is 0 Å². The molecule has 0 N–H and O–H groups in total. The number of hydrogen-bond donors (Lipinski definition) is 0. The summed E-state index contributed by atoms with van der Waals surface area (Å²) >= 11 is 0. The molecule has 0 aromatic heterocycles. The summed E-state index contributed by atoms with van der Waals surface area (Å²) in [6, 6.07) is 35.4. The molecule has 1 saturated carbocycles. The van der Waals surface area contributed by atoms with Gasteiger partial charge >= 0.3 is 0 Å². The summed E-state index contributed by atoms with van der Waals surface area (Å²) in [5.41, 5.74) is 6.37. The van der Waals surface area contributed by atoms with Crippen molar-refractivity contribution in [2.45, 2.75) is 51.4 Å². The van der Waals surface area contributed by atoms with E-state index in [9.17, 15) is 0 Å². The zero-order valence-corrected chi connectivity index (χ0v) is 21.9. The first kappa shape index (κ1) is 24.4. The molecular formula is C35H34O3. The molecule has 0 amide bonds. The smallest absolute Gasteiger partial charge is 0.127 e. The Kier molecular flexibility index (Phi) is 7.17. The van der Waals surface area contributed by atoms with E-state index in [1.54, 1.807) is 5.57 Å². The Morgan fingerprint density at radius 2 is 1.37 bits per heavy atom. The van der Waals surface area contributed by atoms with E-state index in [0.717, 1.165) is 36.5 Å². The van der Waals surface area contributed by atoms with Crippen LogP contribution in [0.1, 0.15) is 60.5 Å². The van der Waals surface area contributed by atoms with Gasteiger partial charge in [-0.15, -0.1) is 0 Å². The molecular weight excluding hydrogens is 468 g/mol. The van der Waals surface area contributed by atoms with E-state index in [0.29, 0.717) is 25.0 Å². The van der Waals surface area contributed by atoms with Crippen LogP contribution in [0.3, 0.4) is 0 Å². The molecule has 1 heterocycles. The molecule has 192 valence electrons. The van der Waals surface area contributed by atoms with E-state index in [1.165, 1.54) is 22.3 Å². The summed E-state index contributed by atoms with van der Waals surface area (Å²) in [5.74, 6) is 3.59. The Labute approximate surface area is 225 Å². The van der Waals surface area contributed by atoms with Crippen LogP contribution in [0.2, 0.25) is 0 Å². The molecule has 1 aliphatic carbocycles. The number of fused-ring (bicyclic) bond motifs is 3. The van der Waals surface area contributed by atoms with Crippen molar-refractivity contribution in [3.05, 3.63) is 137 Å². The van der Waals surface area contributed by atoms with E-state index in [-0.39, 0.29) is 6.10 Å². The van der Waals surface area contributed by atoms with Crippen LogP contribution < -0.4 is 14.2 Å². The van der Waals surface area contributed by atoms with Gasteiger partial charge in [0.2, 0.25) is 0 Å². The fraction of sp³-hybridized carbons (Fsp3) is 0.257. The first-order valence-corrected chi connectivity index (χ1v) is 13.7.